The van der Waals surface area contributed by atoms with Crippen LogP contribution in [0.3, 0.4) is 0 Å². The molecule has 0 aliphatic heterocycles. The molecule has 0 spiro atoms. The topological polar surface area (TPSA) is 52.0 Å². The zero-order valence-electron chi connectivity index (χ0n) is 12.8. The second-order valence-electron chi connectivity index (χ2n) is 5.44. The smallest absolute Gasteiger partial charge is 0.0964 e. The highest BCUT2D eigenvalue weighted by Crippen LogP contribution is 2.08. The zero-order chi connectivity index (χ0) is 14.9. The van der Waals surface area contributed by atoms with Gasteiger partial charge in [-0.15, -0.1) is 16.4 Å². The molecule has 0 radical (unpaired) electrons. The van der Waals surface area contributed by atoms with Crippen LogP contribution in [-0.2, 0) is 24.2 Å². The van der Waals surface area contributed by atoms with E-state index in [0.29, 0.717) is 12.5 Å². The van der Waals surface area contributed by atoms with E-state index < -0.39 is 0 Å². The zero-order valence-corrected chi connectivity index (χ0v) is 13.6. The number of nitrogens with zero attached hydrogens (tertiary/aromatic N) is 3. The molecule has 21 heavy (non-hydrogen) atoms. The van der Waals surface area contributed by atoms with Gasteiger partial charge >= 0.3 is 0 Å². The van der Waals surface area contributed by atoms with E-state index in [4.69, 9.17) is 4.74 Å². The Kier molecular flexibility index (Phi) is 6.85. The summed E-state index contributed by atoms with van der Waals surface area (Å²) in [5.41, 5.74) is 0.981. The van der Waals surface area contributed by atoms with Gasteiger partial charge in [0.25, 0.3) is 0 Å². The Hall–Kier alpha value is -1.24. The molecule has 6 heteroatoms. The Morgan fingerprint density at radius 3 is 3.05 bits per heavy atom. The summed E-state index contributed by atoms with van der Waals surface area (Å²) in [6.45, 7) is 8.35. The fraction of sp³-hybridized carbons (Fsp3) is 0.600. The first-order valence-corrected chi connectivity index (χ1v) is 8.32. The lowest BCUT2D eigenvalue weighted by molar-refractivity contribution is 0.126. The van der Waals surface area contributed by atoms with E-state index in [2.05, 4.69) is 47.0 Å². The summed E-state index contributed by atoms with van der Waals surface area (Å²) in [7, 11) is 0. The van der Waals surface area contributed by atoms with E-state index >= 15 is 0 Å². The summed E-state index contributed by atoms with van der Waals surface area (Å²) in [5, 5.41) is 13.7. The summed E-state index contributed by atoms with van der Waals surface area (Å²) >= 11 is 1.78. The van der Waals surface area contributed by atoms with Crippen molar-refractivity contribution in [2.75, 3.05) is 19.8 Å². The first-order valence-electron chi connectivity index (χ1n) is 7.44. The van der Waals surface area contributed by atoms with Crippen molar-refractivity contribution in [3.63, 3.8) is 0 Å². The second kappa shape index (κ2) is 8.92. The largest absolute Gasteiger partial charge is 0.379 e. The first kappa shape index (κ1) is 16.1. The molecule has 0 unspecified atom stereocenters. The molecule has 2 aromatic rings. The molecule has 0 atom stereocenters. The fourth-order valence-corrected chi connectivity index (χ4v) is 2.60. The highest BCUT2D eigenvalue weighted by Gasteiger charge is 2.01. The van der Waals surface area contributed by atoms with Gasteiger partial charge in [0.2, 0.25) is 0 Å². The predicted octanol–water partition coefficient (Wildman–Crippen LogP) is 2.34. The highest BCUT2D eigenvalue weighted by molar-refractivity contribution is 7.09. The van der Waals surface area contributed by atoms with Crippen molar-refractivity contribution >= 4 is 11.3 Å². The molecule has 0 aromatic carbocycles. The van der Waals surface area contributed by atoms with Crippen molar-refractivity contribution in [1.82, 2.24) is 20.3 Å². The van der Waals surface area contributed by atoms with Crippen LogP contribution in [0.1, 0.15) is 24.4 Å². The molecule has 5 nitrogen and oxygen atoms in total. The van der Waals surface area contributed by atoms with Gasteiger partial charge in [-0.3, -0.25) is 0 Å². The molecule has 0 amide bonds. The lowest BCUT2D eigenvalue weighted by Gasteiger charge is -2.04. The van der Waals surface area contributed by atoms with Crippen molar-refractivity contribution in [3.05, 3.63) is 34.3 Å². The van der Waals surface area contributed by atoms with E-state index in [9.17, 15) is 0 Å². The quantitative estimate of drug-likeness (QED) is 0.685. The first-order chi connectivity index (χ1) is 10.2. The van der Waals surface area contributed by atoms with Gasteiger partial charge in [0.05, 0.1) is 25.5 Å². The Labute approximate surface area is 130 Å². The van der Waals surface area contributed by atoms with Crippen LogP contribution in [0.5, 0.6) is 0 Å². The number of aromatic nitrogens is 3. The van der Waals surface area contributed by atoms with Crippen LogP contribution in [0.4, 0.5) is 0 Å². The molecule has 1 N–H and O–H groups in total. The van der Waals surface area contributed by atoms with E-state index in [0.717, 1.165) is 38.4 Å². The van der Waals surface area contributed by atoms with E-state index in [1.807, 2.05) is 10.9 Å². The molecular weight excluding hydrogens is 284 g/mol. The third kappa shape index (κ3) is 6.37. The fourth-order valence-electron chi connectivity index (χ4n) is 1.91. The summed E-state index contributed by atoms with van der Waals surface area (Å²) in [4.78, 5) is 1.37. The van der Waals surface area contributed by atoms with E-state index in [1.54, 1.807) is 11.3 Å². The molecule has 2 aromatic heterocycles. The number of rotatable bonds is 10. The lowest BCUT2D eigenvalue weighted by Crippen LogP contribution is -2.19. The number of thiophene rings is 1. The molecule has 0 saturated heterocycles. The van der Waals surface area contributed by atoms with Crippen molar-refractivity contribution in [2.45, 2.75) is 33.4 Å². The molecule has 0 saturated carbocycles. The summed E-state index contributed by atoms with van der Waals surface area (Å²) in [5.74, 6) is 0.650. The van der Waals surface area contributed by atoms with Gasteiger partial charge in [-0.05, 0) is 23.9 Å². The lowest BCUT2D eigenvalue weighted by atomic mass is 10.2. The Morgan fingerprint density at radius 2 is 2.29 bits per heavy atom. The third-order valence-corrected chi connectivity index (χ3v) is 3.92. The number of hydrogen-bond acceptors (Lipinski definition) is 5. The van der Waals surface area contributed by atoms with Gasteiger partial charge in [0.15, 0.2) is 0 Å². The Morgan fingerprint density at radius 1 is 1.38 bits per heavy atom. The summed E-state index contributed by atoms with van der Waals surface area (Å²) in [6.07, 6.45) is 2.97. The van der Waals surface area contributed by atoms with E-state index in [-0.39, 0.29) is 0 Å². The van der Waals surface area contributed by atoms with Crippen LogP contribution in [0.15, 0.2) is 23.7 Å². The van der Waals surface area contributed by atoms with Gasteiger partial charge in [-0.2, -0.15) is 0 Å². The van der Waals surface area contributed by atoms with Gasteiger partial charge in [0.1, 0.15) is 0 Å². The number of hydrogen-bond donors (Lipinski definition) is 1. The van der Waals surface area contributed by atoms with Crippen LogP contribution in [0.25, 0.3) is 0 Å². The monoisotopic (exact) mass is 308 g/mol. The van der Waals surface area contributed by atoms with Gasteiger partial charge in [-0.25, -0.2) is 4.68 Å². The molecular formula is C15H24N4OS. The van der Waals surface area contributed by atoms with Crippen LogP contribution >= 0.6 is 11.3 Å². The van der Waals surface area contributed by atoms with Gasteiger partial charge in [-0.1, -0.05) is 25.1 Å². The molecule has 116 valence electrons. The average Bonchev–Trinajstić information content (AvgIpc) is 3.10. The SMILES string of the molecule is CC(C)CNCc1cn(CCOCCc2cccs2)nn1. The number of ether oxygens (including phenoxy) is 1. The van der Waals surface area contributed by atoms with Gasteiger partial charge < -0.3 is 10.1 Å². The van der Waals surface area contributed by atoms with Crippen LogP contribution < -0.4 is 5.32 Å². The van der Waals surface area contributed by atoms with Crippen LogP contribution in [0, 0.1) is 5.92 Å². The van der Waals surface area contributed by atoms with Crippen molar-refractivity contribution in [1.29, 1.82) is 0 Å². The minimum atomic E-state index is 0.650. The molecule has 0 aliphatic carbocycles. The van der Waals surface area contributed by atoms with Gasteiger partial charge in [0, 0.05) is 24.0 Å². The summed E-state index contributed by atoms with van der Waals surface area (Å²) < 4.78 is 7.48. The normalized spacial score (nSPS) is 11.4. The van der Waals surface area contributed by atoms with Crippen molar-refractivity contribution in [2.24, 2.45) is 5.92 Å². The van der Waals surface area contributed by atoms with Crippen LogP contribution in [-0.4, -0.2) is 34.8 Å². The highest BCUT2D eigenvalue weighted by atomic mass is 32.1. The minimum Gasteiger partial charge on any atom is -0.379 e. The Balaban J connectivity index is 1.57. The molecule has 2 rings (SSSR count). The average molecular weight is 308 g/mol. The maximum absolute atomic E-state index is 5.64. The number of nitrogens with one attached hydrogen (secondary N) is 1. The van der Waals surface area contributed by atoms with E-state index in [1.165, 1.54) is 4.88 Å². The maximum atomic E-state index is 5.64. The third-order valence-electron chi connectivity index (χ3n) is 2.98. The standard InChI is InChI=1S/C15H24N4OS/c1-13(2)10-16-11-14-12-19(18-17-14)6-8-20-7-5-15-4-3-9-21-15/h3-4,9,12-13,16H,5-8,10-11H2,1-2H3. The molecule has 0 fully saturated rings. The summed E-state index contributed by atoms with van der Waals surface area (Å²) in [6, 6.07) is 4.21. The predicted molar refractivity (Wildman–Crippen MR) is 85.4 cm³/mol. The van der Waals surface area contributed by atoms with Crippen molar-refractivity contribution < 1.29 is 4.74 Å². The molecule has 2 heterocycles. The molecule has 0 bridgehead atoms. The Bertz CT molecular complexity index is 496. The minimum absolute atomic E-state index is 0.650. The van der Waals surface area contributed by atoms with Crippen LogP contribution in [0.2, 0.25) is 0 Å². The second-order valence-corrected chi connectivity index (χ2v) is 6.47. The molecule has 0 aliphatic rings. The maximum Gasteiger partial charge on any atom is 0.0964 e. The van der Waals surface area contributed by atoms with Crippen molar-refractivity contribution in [3.8, 4) is 0 Å².